The van der Waals surface area contributed by atoms with E-state index in [0.717, 1.165) is 20.2 Å². The van der Waals surface area contributed by atoms with Crippen LogP contribution in [0.5, 0.6) is 0 Å². The molecule has 0 atom stereocenters. The molecule has 26 heavy (non-hydrogen) atoms. The van der Waals surface area contributed by atoms with Crippen LogP contribution in [0.25, 0.3) is 0 Å². The molecule has 6 nitrogen and oxygen atoms in total. The number of carbonyl (C=O) groups excluding carboxylic acids is 1. The zero-order chi connectivity index (χ0) is 19.5. The standard InChI is InChI=1S/C17H19ClFN3O3S/c1-12-8-9-13(18)10-15(12)20-17(23)11-22(26(24,25)21(2)3)16-7-5-4-6-14(16)19/h4-10H,11H2,1-3H3,(H,20,23). The molecule has 0 fully saturated rings. The molecular formula is C17H19ClFN3O3S. The van der Waals surface area contributed by atoms with Gasteiger partial charge in [-0.2, -0.15) is 12.7 Å². The van der Waals surface area contributed by atoms with Crippen molar-refractivity contribution in [3.8, 4) is 0 Å². The predicted molar refractivity (Wildman–Crippen MR) is 101 cm³/mol. The molecule has 9 heteroatoms. The number of halogens is 2. The fraction of sp³-hybridized carbons (Fsp3) is 0.235. The summed E-state index contributed by atoms with van der Waals surface area (Å²) in [4.78, 5) is 12.4. The number of nitrogens with zero attached hydrogens (tertiary/aromatic N) is 2. The first kappa shape index (κ1) is 20.2. The van der Waals surface area contributed by atoms with Gasteiger partial charge in [0.1, 0.15) is 12.4 Å². The molecule has 2 aromatic carbocycles. The van der Waals surface area contributed by atoms with Gasteiger partial charge in [0.25, 0.3) is 0 Å². The zero-order valence-corrected chi connectivity index (χ0v) is 16.1. The van der Waals surface area contributed by atoms with Crippen molar-refractivity contribution in [3.05, 3.63) is 58.9 Å². The van der Waals surface area contributed by atoms with Crippen LogP contribution in [0.3, 0.4) is 0 Å². The Bertz CT molecular complexity index is 919. The van der Waals surface area contributed by atoms with Gasteiger partial charge in [-0.05, 0) is 36.8 Å². The Balaban J connectivity index is 2.34. The van der Waals surface area contributed by atoms with Gasteiger partial charge < -0.3 is 5.32 Å². The molecule has 2 aromatic rings. The monoisotopic (exact) mass is 399 g/mol. The zero-order valence-electron chi connectivity index (χ0n) is 14.5. The van der Waals surface area contributed by atoms with Crippen LogP contribution in [-0.2, 0) is 15.0 Å². The van der Waals surface area contributed by atoms with Crippen LogP contribution in [0.1, 0.15) is 5.56 Å². The number of benzene rings is 2. The van der Waals surface area contributed by atoms with Crippen molar-refractivity contribution in [1.82, 2.24) is 4.31 Å². The molecule has 0 spiro atoms. The van der Waals surface area contributed by atoms with Gasteiger partial charge in [0, 0.05) is 24.8 Å². The van der Waals surface area contributed by atoms with Gasteiger partial charge in [0.05, 0.1) is 5.69 Å². The second-order valence-corrected chi connectivity index (χ2v) is 8.26. The highest BCUT2D eigenvalue weighted by Gasteiger charge is 2.29. The summed E-state index contributed by atoms with van der Waals surface area (Å²) in [6.45, 7) is 1.19. The number of nitrogens with one attached hydrogen (secondary N) is 1. The van der Waals surface area contributed by atoms with E-state index in [-0.39, 0.29) is 5.69 Å². The molecule has 2 rings (SSSR count). The van der Waals surface area contributed by atoms with Crippen LogP contribution < -0.4 is 9.62 Å². The Morgan fingerprint density at radius 3 is 2.46 bits per heavy atom. The Kier molecular flexibility index (Phi) is 6.22. The molecule has 0 unspecified atom stereocenters. The number of para-hydroxylation sites is 1. The van der Waals surface area contributed by atoms with E-state index in [4.69, 9.17) is 11.6 Å². The molecule has 0 aromatic heterocycles. The summed E-state index contributed by atoms with van der Waals surface area (Å²) >= 11 is 5.92. The molecule has 0 heterocycles. The Morgan fingerprint density at radius 1 is 1.19 bits per heavy atom. The molecule has 0 aliphatic rings. The minimum absolute atomic E-state index is 0.209. The summed E-state index contributed by atoms with van der Waals surface area (Å²) in [5, 5.41) is 3.04. The number of anilines is 2. The fourth-order valence-electron chi connectivity index (χ4n) is 2.19. The number of carbonyl (C=O) groups is 1. The normalized spacial score (nSPS) is 11.5. The molecule has 1 amide bonds. The second-order valence-electron chi connectivity index (χ2n) is 5.76. The number of aryl methyl sites for hydroxylation is 1. The van der Waals surface area contributed by atoms with Gasteiger partial charge >= 0.3 is 10.2 Å². The van der Waals surface area contributed by atoms with Crippen molar-refractivity contribution in [2.45, 2.75) is 6.92 Å². The quantitative estimate of drug-likeness (QED) is 0.811. The van der Waals surface area contributed by atoms with E-state index in [0.29, 0.717) is 10.7 Å². The van der Waals surface area contributed by atoms with Gasteiger partial charge in [-0.3, -0.25) is 4.79 Å². The van der Waals surface area contributed by atoms with Gasteiger partial charge in [0.15, 0.2) is 0 Å². The lowest BCUT2D eigenvalue weighted by molar-refractivity contribution is -0.114. The number of rotatable bonds is 6. The summed E-state index contributed by atoms with van der Waals surface area (Å²) in [5.41, 5.74) is 1.01. The Hall–Kier alpha value is -2.16. The van der Waals surface area contributed by atoms with E-state index < -0.39 is 28.5 Å². The molecule has 0 radical (unpaired) electrons. The van der Waals surface area contributed by atoms with E-state index in [1.54, 1.807) is 25.1 Å². The molecule has 0 saturated carbocycles. The van der Waals surface area contributed by atoms with Crippen LogP contribution in [0.15, 0.2) is 42.5 Å². The lowest BCUT2D eigenvalue weighted by Crippen LogP contribution is -2.44. The lowest BCUT2D eigenvalue weighted by Gasteiger charge is -2.27. The molecule has 0 aliphatic heterocycles. The van der Waals surface area contributed by atoms with Crippen molar-refractivity contribution in [1.29, 1.82) is 0 Å². The summed E-state index contributed by atoms with van der Waals surface area (Å²) in [5.74, 6) is -1.37. The molecule has 0 aliphatic carbocycles. The maximum absolute atomic E-state index is 14.2. The van der Waals surface area contributed by atoms with Crippen molar-refractivity contribution in [2.24, 2.45) is 0 Å². The third kappa shape index (κ3) is 4.51. The topological polar surface area (TPSA) is 69.7 Å². The first-order valence-corrected chi connectivity index (χ1v) is 9.41. The summed E-state index contributed by atoms with van der Waals surface area (Å²) in [7, 11) is -1.46. The Morgan fingerprint density at radius 2 is 1.85 bits per heavy atom. The summed E-state index contributed by atoms with van der Waals surface area (Å²) < 4.78 is 40.9. The predicted octanol–water partition coefficient (Wildman–Crippen LogP) is 3.04. The maximum atomic E-state index is 14.2. The van der Waals surface area contributed by atoms with Crippen LogP contribution >= 0.6 is 11.6 Å². The van der Waals surface area contributed by atoms with Crippen molar-refractivity contribution >= 4 is 39.1 Å². The van der Waals surface area contributed by atoms with Gasteiger partial charge in [-0.25, -0.2) is 8.70 Å². The van der Waals surface area contributed by atoms with E-state index in [2.05, 4.69) is 5.32 Å². The van der Waals surface area contributed by atoms with E-state index in [9.17, 15) is 17.6 Å². The van der Waals surface area contributed by atoms with Crippen LogP contribution in [0.2, 0.25) is 5.02 Å². The lowest BCUT2D eigenvalue weighted by atomic mass is 10.2. The summed E-state index contributed by atoms with van der Waals surface area (Å²) in [6, 6.07) is 10.3. The second kappa shape index (κ2) is 8.03. The fourth-order valence-corrected chi connectivity index (χ4v) is 3.43. The van der Waals surface area contributed by atoms with Crippen molar-refractivity contribution in [3.63, 3.8) is 0 Å². The largest absolute Gasteiger partial charge is 0.324 e. The molecular weight excluding hydrogens is 381 g/mol. The highest BCUT2D eigenvalue weighted by atomic mass is 35.5. The minimum atomic E-state index is -4.08. The van der Waals surface area contributed by atoms with Gasteiger partial charge in [0.2, 0.25) is 5.91 Å². The number of hydrogen-bond acceptors (Lipinski definition) is 3. The third-order valence-electron chi connectivity index (χ3n) is 3.62. The first-order chi connectivity index (χ1) is 12.1. The average Bonchev–Trinajstić information content (AvgIpc) is 2.56. The van der Waals surface area contributed by atoms with E-state index >= 15 is 0 Å². The number of amides is 1. The molecule has 140 valence electrons. The third-order valence-corrected chi connectivity index (χ3v) is 5.66. The highest BCUT2D eigenvalue weighted by Crippen LogP contribution is 2.24. The highest BCUT2D eigenvalue weighted by molar-refractivity contribution is 7.90. The first-order valence-electron chi connectivity index (χ1n) is 7.63. The van der Waals surface area contributed by atoms with Crippen LogP contribution in [0, 0.1) is 12.7 Å². The molecule has 0 bridgehead atoms. The van der Waals surface area contributed by atoms with E-state index in [1.807, 2.05) is 0 Å². The molecule has 1 N–H and O–H groups in total. The maximum Gasteiger partial charge on any atom is 0.304 e. The smallest absolute Gasteiger partial charge is 0.304 e. The van der Waals surface area contributed by atoms with E-state index in [1.165, 1.54) is 32.3 Å². The number of hydrogen-bond donors (Lipinski definition) is 1. The SMILES string of the molecule is Cc1ccc(Cl)cc1NC(=O)CN(c1ccccc1F)S(=O)(=O)N(C)C. The minimum Gasteiger partial charge on any atom is -0.324 e. The molecule has 0 saturated heterocycles. The van der Waals surface area contributed by atoms with Gasteiger partial charge in [-0.1, -0.05) is 29.8 Å². The van der Waals surface area contributed by atoms with Gasteiger partial charge in [-0.15, -0.1) is 0 Å². The summed E-state index contributed by atoms with van der Waals surface area (Å²) in [6.07, 6.45) is 0. The van der Waals surface area contributed by atoms with Crippen molar-refractivity contribution < 1.29 is 17.6 Å². The van der Waals surface area contributed by atoms with Crippen LogP contribution in [-0.4, -0.2) is 39.3 Å². The Labute approximate surface area is 157 Å². The van der Waals surface area contributed by atoms with Crippen molar-refractivity contribution in [2.75, 3.05) is 30.3 Å². The average molecular weight is 400 g/mol. The van der Waals surface area contributed by atoms with Crippen LogP contribution in [0.4, 0.5) is 15.8 Å².